The number of anilines is 1. The lowest BCUT2D eigenvalue weighted by Gasteiger charge is -2.30. The van der Waals surface area contributed by atoms with Gasteiger partial charge in [-0.1, -0.05) is 6.07 Å². The highest BCUT2D eigenvalue weighted by Gasteiger charge is 2.18. The van der Waals surface area contributed by atoms with Crippen LogP contribution in [0.4, 0.5) is 14.5 Å². The van der Waals surface area contributed by atoms with Crippen LogP contribution >= 0.6 is 0 Å². The number of phenolic OH excluding ortho intramolecular Hbond substituents is 1. The number of halogens is 2. The van der Waals surface area contributed by atoms with Gasteiger partial charge in [-0.3, -0.25) is 0 Å². The van der Waals surface area contributed by atoms with Gasteiger partial charge in [0.25, 0.3) is 0 Å². The minimum atomic E-state index is -0.446. The summed E-state index contributed by atoms with van der Waals surface area (Å²) in [5, 5.41) is 9.27. The van der Waals surface area contributed by atoms with E-state index in [-0.39, 0.29) is 17.6 Å². The molecule has 0 fully saturated rings. The van der Waals surface area contributed by atoms with Crippen LogP contribution in [0.5, 0.6) is 5.75 Å². The van der Waals surface area contributed by atoms with Gasteiger partial charge in [0.05, 0.1) is 6.04 Å². The fraction of sp³-hybridized carbons (Fsp3) is 0.250. The van der Waals surface area contributed by atoms with Crippen molar-refractivity contribution in [2.45, 2.75) is 19.9 Å². The topological polar surface area (TPSA) is 23.5 Å². The van der Waals surface area contributed by atoms with Crippen LogP contribution in [-0.2, 0) is 0 Å². The average Bonchev–Trinajstić information content (AvgIpc) is 2.41. The number of rotatable bonds is 4. The largest absolute Gasteiger partial charge is 0.508 e. The molecule has 1 N–H and O–H groups in total. The lowest BCUT2D eigenvalue weighted by molar-refractivity contribution is 0.466. The quantitative estimate of drug-likeness (QED) is 0.902. The standard InChI is InChI=1S/C16H17F2NO/c1-3-19(13-6-4-12(17)5-7-13)11(2)15-9-8-14(20)10-16(15)18/h4-11,20H,3H2,1-2H3. The number of nitrogens with zero attached hydrogens (tertiary/aromatic N) is 1. The van der Waals surface area contributed by atoms with Crippen molar-refractivity contribution in [1.29, 1.82) is 0 Å². The second-order valence-corrected chi connectivity index (χ2v) is 4.64. The maximum absolute atomic E-state index is 13.9. The molecule has 2 rings (SSSR count). The Morgan fingerprint density at radius 3 is 2.30 bits per heavy atom. The van der Waals surface area contributed by atoms with Gasteiger partial charge in [-0.15, -0.1) is 0 Å². The van der Waals surface area contributed by atoms with Crippen molar-refractivity contribution in [3.63, 3.8) is 0 Å². The van der Waals surface area contributed by atoms with E-state index in [1.807, 2.05) is 18.7 Å². The van der Waals surface area contributed by atoms with E-state index in [4.69, 9.17) is 0 Å². The highest BCUT2D eigenvalue weighted by atomic mass is 19.1. The molecule has 0 saturated carbocycles. The highest BCUT2D eigenvalue weighted by Crippen LogP contribution is 2.29. The van der Waals surface area contributed by atoms with Crippen LogP contribution in [0.25, 0.3) is 0 Å². The molecule has 0 radical (unpaired) electrons. The van der Waals surface area contributed by atoms with Crippen LogP contribution in [0.15, 0.2) is 42.5 Å². The molecule has 2 aromatic rings. The lowest BCUT2D eigenvalue weighted by Crippen LogP contribution is -2.27. The van der Waals surface area contributed by atoms with Gasteiger partial charge in [-0.05, 0) is 44.2 Å². The number of hydrogen-bond acceptors (Lipinski definition) is 2. The molecular formula is C16H17F2NO. The first-order valence-corrected chi connectivity index (χ1v) is 6.53. The Morgan fingerprint density at radius 2 is 1.75 bits per heavy atom. The molecule has 0 aliphatic carbocycles. The predicted octanol–water partition coefficient (Wildman–Crippen LogP) is 4.26. The molecule has 106 valence electrons. The zero-order chi connectivity index (χ0) is 14.7. The Kier molecular flexibility index (Phi) is 4.23. The van der Waals surface area contributed by atoms with E-state index < -0.39 is 5.82 Å². The second-order valence-electron chi connectivity index (χ2n) is 4.64. The summed E-state index contributed by atoms with van der Waals surface area (Å²) >= 11 is 0. The maximum atomic E-state index is 13.9. The lowest BCUT2D eigenvalue weighted by atomic mass is 10.0. The van der Waals surface area contributed by atoms with Gasteiger partial charge in [0, 0.05) is 23.9 Å². The fourth-order valence-corrected chi connectivity index (χ4v) is 2.34. The molecule has 0 amide bonds. The summed E-state index contributed by atoms with van der Waals surface area (Å²) in [6, 6.07) is 10.0. The van der Waals surface area contributed by atoms with Gasteiger partial charge in [-0.25, -0.2) is 8.78 Å². The van der Waals surface area contributed by atoms with Gasteiger partial charge in [0.2, 0.25) is 0 Å². The Hall–Kier alpha value is -2.10. The van der Waals surface area contributed by atoms with Gasteiger partial charge in [0.1, 0.15) is 17.4 Å². The molecular weight excluding hydrogens is 260 g/mol. The maximum Gasteiger partial charge on any atom is 0.132 e. The first kappa shape index (κ1) is 14.3. The van der Waals surface area contributed by atoms with Crippen molar-refractivity contribution in [3.05, 3.63) is 59.7 Å². The van der Waals surface area contributed by atoms with Crippen molar-refractivity contribution in [2.75, 3.05) is 11.4 Å². The fourth-order valence-electron chi connectivity index (χ4n) is 2.34. The third-order valence-corrected chi connectivity index (χ3v) is 3.40. The summed E-state index contributed by atoms with van der Waals surface area (Å²) in [6.07, 6.45) is 0. The Bertz CT molecular complexity index is 584. The van der Waals surface area contributed by atoms with Crippen molar-refractivity contribution >= 4 is 5.69 Å². The van der Waals surface area contributed by atoms with Crippen LogP contribution in [-0.4, -0.2) is 11.7 Å². The average molecular weight is 277 g/mol. The third-order valence-electron chi connectivity index (χ3n) is 3.40. The molecule has 0 spiro atoms. The SMILES string of the molecule is CCN(c1ccc(F)cc1)C(C)c1ccc(O)cc1F. The number of benzene rings is 2. The number of aromatic hydroxyl groups is 1. The van der Waals surface area contributed by atoms with E-state index in [1.165, 1.54) is 18.2 Å². The van der Waals surface area contributed by atoms with E-state index in [0.717, 1.165) is 11.8 Å². The molecule has 20 heavy (non-hydrogen) atoms. The van der Waals surface area contributed by atoms with E-state index in [2.05, 4.69) is 0 Å². The molecule has 0 aromatic heterocycles. The van der Waals surface area contributed by atoms with E-state index >= 15 is 0 Å². The molecule has 1 atom stereocenters. The second kappa shape index (κ2) is 5.90. The third kappa shape index (κ3) is 2.90. The Labute approximate surface area is 117 Å². The molecule has 0 saturated heterocycles. The summed E-state index contributed by atoms with van der Waals surface area (Å²) in [7, 11) is 0. The van der Waals surface area contributed by atoms with Gasteiger partial charge < -0.3 is 10.0 Å². The van der Waals surface area contributed by atoms with Crippen LogP contribution < -0.4 is 4.90 Å². The van der Waals surface area contributed by atoms with Crippen LogP contribution in [0, 0.1) is 11.6 Å². The molecule has 1 unspecified atom stereocenters. The zero-order valence-electron chi connectivity index (χ0n) is 11.5. The summed E-state index contributed by atoms with van der Waals surface area (Å²) in [4.78, 5) is 1.97. The molecule has 0 aliphatic rings. The molecule has 0 aliphatic heterocycles. The normalized spacial score (nSPS) is 12.2. The van der Waals surface area contributed by atoms with Crippen molar-refractivity contribution in [1.82, 2.24) is 0 Å². The Balaban J connectivity index is 2.33. The van der Waals surface area contributed by atoms with Gasteiger partial charge >= 0.3 is 0 Å². The van der Waals surface area contributed by atoms with E-state index in [0.29, 0.717) is 12.1 Å². The summed E-state index contributed by atoms with van der Waals surface area (Å²) in [6.45, 7) is 4.49. The van der Waals surface area contributed by atoms with Crippen LogP contribution in [0.1, 0.15) is 25.5 Å². The van der Waals surface area contributed by atoms with Crippen molar-refractivity contribution in [3.8, 4) is 5.75 Å². The Morgan fingerprint density at radius 1 is 1.10 bits per heavy atom. The summed E-state index contributed by atoms with van der Waals surface area (Å²) in [5.74, 6) is -0.838. The zero-order valence-corrected chi connectivity index (χ0v) is 11.5. The smallest absolute Gasteiger partial charge is 0.132 e. The van der Waals surface area contributed by atoms with Crippen molar-refractivity contribution in [2.24, 2.45) is 0 Å². The summed E-state index contributed by atoms with van der Waals surface area (Å²) < 4.78 is 26.9. The monoisotopic (exact) mass is 277 g/mol. The van der Waals surface area contributed by atoms with Gasteiger partial charge in [-0.2, -0.15) is 0 Å². The van der Waals surface area contributed by atoms with Crippen LogP contribution in [0.3, 0.4) is 0 Å². The number of phenols is 1. The molecule has 0 heterocycles. The molecule has 0 bridgehead atoms. The summed E-state index contributed by atoms with van der Waals surface area (Å²) in [5.41, 5.74) is 1.32. The van der Waals surface area contributed by atoms with Gasteiger partial charge in [0.15, 0.2) is 0 Å². The first-order valence-electron chi connectivity index (χ1n) is 6.53. The minimum Gasteiger partial charge on any atom is -0.508 e. The molecule has 2 nitrogen and oxygen atoms in total. The predicted molar refractivity (Wildman–Crippen MR) is 75.9 cm³/mol. The van der Waals surface area contributed by atoms with E-state index in [9.17, 15) is 13.9 Å². The highest BCUT2D eigenvalue weighted by molar-refractivity contribution is 5.49. The van der Waals surface area contributed by atoms with E-state index in [1.54, 1.807) is 18.2 Å². The number of hydrogen-bond donors (Lipinski definition) is 1. The molecule has 4 heteroatoms. The van der Waals surface area contributed by atoms with Crippen LogP contribution in [0.2, 0.25) is 0 Å². The van der Waals surface area contributed by atoms with Crippen molar-refractivity contribution < 1.29 is 13.9 Å². The minimum absolute atomic E-state index is 0.0942. The molecule has 2 aromatic carbocycles. The first-order chi connectivity index (χ1) is 9.52.